The minimum absolute atomic E-state index is 0.131. The van der Waals surface area contributed by atoms with Crippen LogP contribution in [0, 0.1) is 0 Å². The highest BCUT2D eigenvalue weighted by Crippen LogP contribution is 2.22. The predicted octanol–water partition coefficient (Wildman–Crippen LogP) is 0.432. The summed E-state index contributed by atoms with van der Waals surface area (Å²) < 4.78 is 11.1. The normalized spacial score (nSPS) is 10.8. The smallest absolute Gasteiger partial charge is 0.347 e. The molecule has 1 amide bonds. The van der Waals surface area contributed by atoms with Crippen LogP contribution in [0.3, 0.4) is 0 Å². The van der Waals surface area contributed by atoms with E-state index in [-0.39, 0.29) is 13.1 Å². The van der Waals surface area contributed by atoms with E-state index in [9.17, 15) is 14.4 Å². The van der Waals surface area contributed by atoms with Gasteiger partial charge in [0.1, 0.15) is 24.1 Å². The quantitative estimate of drug-likeness (QED) is 0.553. The van der Waals surface area contributed by atoms with Crippen molar-refractivity contribution in [2.24, 2.45) is 0 Å². The van der Waals surface area contributed by atoms with Gasteiger partial charge in [-0.3, -0.25) is 14.3 Å². The van der Waals surface area contributed by atoms with Gasteiger partial charge in [0.2, 0.25) is 5.91 Å². The Morgan fingerprint density at radius 3 is 2.87 bits per heavy atom. The van der Waals surface area contributed by atoms with Crippen molar-refractivity contribution in [3.63, 3.8) is 0 Å². The summed E-state index contributed by atoms with van der Waals surface area (Å²) in [5, 5.41) is 7.47. The highest BCUT2D eigenvalue weighted by Gasteiger charge is 2.15. The van der Waals surface area contributed by atoms with Crippen molar-refractivity contribution in [2.45, 2.75) is 6.54 Å². The number of ether oxygens (including phenoxy) is 1. The second-order valence-corrected chi connectivity index (χ2v) is 4.80. The van der Waals surface area contributed by atoms with E-state index < -0.39 is 17.5 Å². The molecule has 1 aromatic carbocycles. The van der Waals surface area contributed by atoms with Crippen LogP contribution in [0.2, 0.25) is 0 Å². The van der Waals surface area contributed by atoms with E-state index in [1.54, 1.807) is 24.3 Å². The Balaban J connectivity index is 1.97. The maximum absolute atomic E-state index is 12.0. The molecule has 2 heterocycles. The Bertz CT molecular complexity index is 957. The second kappa shape index (κ2) is 5.91. The van der Waals surface area contributed by atoms with Crippen LogP contribution in [0.4, 0.5) is 0 Å². The standard InChI is InChI=1S/C15H13N3O5/c1-22-13(20)7-16-12(19)8-18-14-9-4-2-3-5-11(9)23-15(21)10(14)6-17-18/h2-6H,7-8H2,1H3,(H,16,19). The number of para-hydroxylation sites is 1. The molecule has 8 heteroatoms. The maximum atomic E-state index is 12.0. The summed E-state index contributed by atoms with van der Waals surface area (Å²) in [5.74, 6) is -0.965. The Labute approximate surface area is 129 Å². The summed E-state index contributed by atoms with van der Waals surface area (Å²) in [4.78, 5) is 34.9. The Morgan fingerprint density at radius 1 is 1.30 bits per heavy atom. The zero-order valence-electron chi connectivity index (χ0n) is 12.2. The molecule has 3 rings (SSSR count). The first-order chi connectivity index (χ1) is 11.1. The van der Waals surface area contributed by atoms with Gasteiger partial charge in [-0.25, -0.2) is 4.79 Å². The number of methoxy groups -OCH3 is 1. The molecular weight excluding hydrogens is 302 g/mol. The summed E-state index contributed by atoms with van der Waals surface area (Å²) in [5.41, 5.74) is 0.423. The first kappa shape index (κ1) is 14.8. The number of benzene rings is 1. The van der Waals surface area contributed by atoms with Gasteiger partial charge in [-0.1, -0.05) is 12.1 Å². The van der Waals surface area contributed by atoms with Crippen LogP contribution in [0.25, 0.3) is 21.9 Å². The van der Waals surface area contributed by atoms with Crippen molar-refractivity contribution in [3.8, 4) is 0 Å². The lowest BCUT2D eigenvalue weighted by Crippen LogP contribution is -2.33. The van der Waals surface area contributed by atoms with Crippen molar-refractivity contribution in [3.05, 3.63) is 40.9 Å². The molecule has 0 fully saturated rings. The van der Waals surface area contributed by atoms with Gasteiger partial charge in [0.25, 0.3) is 0 Å². The topological polar surface area (TPSA) is 103 Å². The molecule has 0 saturated heterocycles. The molecule has 1 N–H and O–H groups in total. The Morgan fingerprint density at radius 2 is 2.09 bits per heavy atom. The van der Waals surface area contributed by atoms with Crippen molar-refractivity contribution in [2.75, 3.05) is 13.7 Å². The van der Waals surface area contributed by atoms with Crippen molar-refractivity contribution in [1.82, 2.24) is 15.1 Å². The number of carbonyl (C=O) groups excluding carboxylic acids is 2. The van der Waals surface area contributed by atoms with Crippen LogP contribution in [-0.4, -0.2) is 35.3 Å². The zero-order chi connectivity index (χ0) is 16.4. The number of amides is 1. The SMILES string of the molecule is COC(=O)CNC(=O)Cn1ncc2c(=O)oc3ccccc3c21. The van der Waals surface area contributed by atoms with Crippen LogP contribution in [0.1, 0.15) is 0 Å². The fraction of sp³-hybridized carbons (Fsp3) is 0.200. The number of aromatic nitrogens is 2. The Hall–Kier alpha value is -3.16. The molecular formula is C15H13N3O5. The van der Waals surface area contributed by atoms with E-state index in [0.717, 1.165) is 0 Å². The van der Waals surface area contributed by atoms with Gasteiger partial charge in [0.05, 0.1) is 18.8 Å². The molecule has 3 aromatic rings. The lowest BCUT2D eigenvalue weighted by molar-refractivity contribution is -0.141. The van der Waals surface area contributed by atoms with Crippen LogP contribution < -0.4 is 10.9 Å². The van der Waals surface area contributed by atoms with Crippen molar-refractivity contribution >= 4 is 33.7 Å². The summed E-state index contributed by atoms with van der Waals surface area (Å²) in [6.07, 6.45) is 1.36. The van der Waals surface area contributed by atoms with Gasteiger partial charge >= 0.3 is 11.6 Å². The molecule has 0 aliphatic rings. The van der Waals surface area contributed by atoms with Gasteiger partial charge in [-0.2, -0.15) is 5.10 Å². The number of hydrogen-bond donors (Lipinski definition) is 1. The summed E-state index contributed by atoms with van der Waals surface area (Å²) in [6, 6.07) is 7.01. The third-order valence-electron chi connectivity index (χ3n) is 3.36. The summed E-state index contributed by atoms with van der Waals surface area (Å²) in [6.45, 7) is -0.356. The fourth-order valence-corrected chi connectivity index (χ4v) is 2.28. The second-order valence-electron chi connectivity index (χ2n) is 4.80. The van der Waals surface area contributed by atoms with Crippen LogP contribution >= 0.6 is 0 Å². The molecule has 0 unspecified atom stereocenters. The van der Waals surface area contributed by atoms with E-state index in [1.807, 2.05) is 0 Å². The predicted molar refractivity (Wildman–Crippen MR) is 80.8 cm³/mol. The maximum Gasteiger partial charge on any atom is 0.347 e. The van der Waals surface area contributed by atoms with Crippen molar-refractivity contribution < 1.29 is 18.7 Å². The van der Waals surface area contributed by atoms with Gasteiger partial charge in [-0.15, -0.1) is 0 Å². The molecule has 0 aliphatic heterocycles. The lowest BCUT2D eigenvalue weighted by Gasteiger charge is -2.06. The van der Waals surface area contributed by atoms with Gasteiger partial charge < -0.3 is 14.5 Å². The average molecular weight is 315 g/mol. The third kappa shape index (κ3) is 2.78. The number of rotatable bonds is 4. The Kier molecular flexibility index (Phi) is 3.80. The number of hydrogen-bond acceptors (Lipinski definition) is 6. The molecule has 8 nitrogen and oxygen atoms in total. The number of fused-ring (bicyclic) bond motifs is 3. The van der Waals surface area contributed by atoms with Gasteiger partial charge in [-0.05, 0) is 12.1 Å². The zero-order valence-corrected chi connectivity index (χ0v) is 12.2. The molecule has 0 bridgehead atoms. The van der Waals surface area contributed by atoms with Crippen LogP contribution in [0.15, 0.2) is 39.7 Å². The van der Waals surface area contributed by atoms with E-state index in [4.69, 9.17) is 4.42 Å². The van der Waals surface area contributed by atoms with Gasteiger partial charge in [0.15, 0.2) is 0 Å². The molecule has 23 heavy (non-hydrogen) atoms. The van der Waals surface area contributed by atoms with Crippen LogP contribution in [-0.2, 0) is 20.9 Å². The minimum Gasteiger partial charge on any atom is -0.468 e. The third-order valence-corrected chi connectivity index (χ3v) is 3.36. The average Bonchev–Trinajstić information content (AvgIpc) is 2.97. The first-order valence-electron chi connectivity index (χ1n) is 6.81. The van der Waals surface area contributed by atoms with E-state index in [0.29, 0.717) is 21.9 Å². The largest absolute Gasteiger partial charge is 0.468 e. The van der Waals surface area contributed by atoms with E-state index in [1.165, 1.54) is 18.0 Å². The van der Waals surface area contributed by atoms with Gasteiger partial charge in [0, 0.05) is 5.39 Å². The molecule has 118 valence electrons. The van der Waals surface area contributed by atoms with Crippen LogP contribution in [0.5, 0.6) is 0 Å². The molecule has 0 radical (unpaired) electrons. The highest BCUT2D eigenvalue weighted by atomic mass is 16.5. The lowest BCUT2D eigenvalue weighted by atomic mass is 10.2. The number of esters is 1. The fourth-order valence-electron chi connectivity index (χ4n) is 2.28. The molecule has 0 saturated carbocycles. The molecule has 0 spiro atoms. The number of nitrogens with one attached hydrogen (secondary N) is 1. The number of carbonyl (C=O) groups is 2. The van der Waals surface area contributed by atoms with E-state index >= 15 is 0 Å². The summed E-state index contributed by atoms with van der Waals surface area (Å²) >= 11 is 0. The summed E-state index contributed by atoms with van der Waals surface area (Å²) in [7, 11) is 1.24. The molecule has 0 aliphatic carbocycles. The monoisotopic (exact) mass is 315 g/mol. The van der Waals surface area contributed by atoms with Crippen molar-refractivity contribution in [1.29, 1.82) is 0 Å². The first-order valence-corrected chi connectivity index (χ1v) is 6.81. The minimum atomic E-state index is -0.547. The number of nitrogens with zero attached hydrogens (tertiary/aromatic N) is 2. The molecule has 2 aromatic heterocycles. The van der Waals surface area contributed by atoms with E-state index in [2.05, 4.69) is 15.2 Å². The highest BCUT2D eigenvalue weighted by molar-refractivity contribution is 6.02. The molecule has 0 atom stereocenters.